The van der Waals surface area contributed by atoms with E-state index in [1.807, 2.05) is 6.92 Å². The molecule has 7 nitrogen and oxygen atoms in total. The maximum absolute atomic E-state index is 12.9. The Morgan fingerprint density at radius 1 is 1.35 bits per heavy atom. The van der Waals surface area contributed by atoms with Gasteiger partial charge in [-0.3, -0.25) is 19.0 Å². The summed E-state index contributed by atoms with van der Waals surface area (Å²) in [6.07, 6.45) is 6.43. The van der Waals surface area contributed by atoms with E-state index >= 15 is 0 Å². The number of thiophene rings is 1. The third kappa shape index (κ3) is 3.80. The lowest BCUT2D eigenvalue weighted by Gasteiger charge is -2.17. The molecule has 0 aliphatic heterocycles. The van der Waals surface area contributed by atoms with Gasteiger partial charge in [-0.2, -0.15) is 0 Å². The fourth-order valence-electron chi connectivity index (χ4n) is 3.18. The van der Waals surface area contributed by atoms with Gasteiger partial charge in [-0.05, 0) is 37.7 Å². The molecule has 1 N–H and O–H groups in total. The minimum Gasteiger partial charge on any atom is -0.355 e. The van der Waals surface area contributed by atoms with Gasteiger partial charge < -0.3 is 10.2 Å². The molecule has 2 aromatic rings. The molecule has 0 spiro atoms. The number of carbonyl (C=O) groups is 2. The second kappa shape index (κ2) is 7.99. The number of hydrogen-bond donors (Lipinski definition) is 1. The summed E-state index contributed by atoms with van der Waals surface area (Å²) in [7, 11) is 1.57. The van der Waals surface area contributed by atoms with Gasteiger partial charge in [0, 0.05) is 18.5 Å². The Bertz CT molecular complexity index is 886. The zero-order valence-corrected chi connectivity index (χ0v) is 16.0. The van der Waals surface area contributed by atoms with Gasteiger partial charge >= 0.3 is 0 Å². The predicted molar refractivity (Wildman–Crippen MR) is 101 cm³/mol. The predicted octanol–water partition coefficient (Wildman–Crippen LogP) is 1.32. The fraction of sp³-hybridized carbons (Fsp3) is 0.556. The highest BCUT2D eigenvalue weighted by Crippen LogP contribution is 2.33. The molecule has 0 bridgehead atoms. The van der Waals surface area contributed by atoms with Crippen LogP contribution in [0.5, 0.6) is 0 Å². The van der Waals surface area contributed by atoms with Crippen molar-refractivity contribution in [3.63, 3.8) is 0 Å². The van der Waals surface area contributed by atoms with E-state index < -0.39 is 0 Å². The largest absolute Gasteiger partial charge is 0.355 e. The quantitative estimate of drug-likeness (QED) is 0.824. The molecule has 3 rings (SSSR count). The monoisotopic (exact) mass is 376 g/mol. The van der Waals surface area contributed by atoms with Crippen molar-refractivity contribution in [1.82, 2.24) is 19.8 Å². The molecule has 0 aromatic carbocycles. The Morgan fingerprint density at radius 2 is 2.12 bits per heavy atom. The molecule has 2 aromatic heterocycles. The summed E-state index contributed by atoms with van der Waals surface area (Å²) in [6, 6.07) is 0. The van der Waals surface area contributed by atoms with Crippen molar-refractivity contribution >= 4 is 33.4 Å². The van der Waals surface area contributed by atoms with Crippen molar-refractivity contribution in [1.29, 1.82) is 0 Å². The van der Waals surface area contributed by atoms with Crippen LogP contribution < -0.4 is 10.9 Å². The Morgan fingerprint density at radius 3 is 2.88 bits per heavy atom. The van der Waals surface area contributed by atoms with Crippen LogP contribution in [-0.4, -0.2) is 46.4 Å². The Hall–Kier alpha value is -2.22. The maximum Gasteiger partial charge on any atom is 0.262 e. The molecule has 8 heteroatoms. The molecule has 0 atom stereocenters. The smallest absolute Gasteiger partial charge is 0.262 e. The van der Waals surface area contributed by atoms with Crippen LogP contribution in [0.15, 0.2) is 11.1 Å². The fourth-order valence-corrected chi connectivity index (χ4v) is 4.40. The van der Waals surface area contributed by atoms with Crippen LogP contribution in [0.1, 0.15) is 36.6 Å². The van der Waals surface area contributed by atoms with Crippen molar-refractivity contribution in [2.45, 2.75) is 45.6 Å². The number of fused-ring (bicyclic) bond motifs is 3. The Kier molecular flexibility index (Phi) is 5.70. The third-order valence-electron chi connectivity index (χ3n) is 4.63. The minimum atomic E-state index is -0.288. The number of aromatic nitrogens is 2. The zero-order chi connectivity index (χ0) is 18.7. The maximum atomic E-state index is 12.9. The summed E-state index contributed by atoms with van der Waals surface area (Å²) in [4.78, 5) is 44.8. The van der Waals surface area contributed by atoms with E-state index in [1.165, 1.54) is 20.7 Å². The van der Waals surface area contributed by atoms with Crippen molar-refractivity contribution < 1.29 is 9.59 Å². The summed E-state index contributed by atoms with van der Waals surface area (Å²) in [5.74, 6) is -0.487. The second-order valence-corrected chi connectivity index (χ2v) is 7.75. The van der Waals surface area contributed by atoms with Gasteiger partial charge in [0.05, 0.1) is 18.3 Å². The molecule has 0 saturated heterocycles. The van der Waals surface area contributed by atoms with Crippen LogP contribution in [0.25, 0.3) is 10.2 Å². The standard InChI is InChI=1S/C18H24N4O3S/c1-3-8-19-14(23)9-21(2)15(24)10-22-11-20-17-16(18(22)25)12-6-4-5-7-13(12)26-17/h11H,3-10H2,1-2H3,(H,19,23). The van der Waals surface area contributed by atoms with E-state index in [0.29, 0.717) is 11.9 Å². The average Bonchev–Trinajstić information content (AvgIpc) is 3.01. The van der Waals surface area contributed by atoms with Crippen LogP contribution >= 0.6 is 11.3 Å². The first-order valence-electron chi connectivity index (χ1n) is 9.01. The first-order chi connectivity index (χ1) is 12.5. The first-order valence-corrected chi connectivity index (χ1v) is 9.83. The lowest BCUT2D eigenvalue weighted by atomic mass is 9.97. The average molecular weight is 376 g/mol. The van der Waals surface area contributed by atoms with E-state index in [-0.39, 0.29) is 30.5 Å². The molecule has 0 radical (unpaired) electrons. The van der Waals surface area contributed by atoms with Crippen LogP contribution in [-0.2, 0) is 29.0 Å². The molecule has 0 fully saturated rings. The number of nitrogens with zero attached hydrogens (tertiary/aromatic N) is 3. The molecule has 140 valence electrons. The third-order valence-corrected chi connectivity index (χ3v) is 5.83. The van der Waals surface area contributed by atoms with E-state index in [4.69, 9.17) is 0 Å². The van der Waals surface area contributed by atoms with Gasteiger partial charge in [0.15, 0.2) is 0 Å². The first kappa shape index (κ1) is 18.6. The van der Waals surface area contributed by atoms with E-state index in [1.54, 1.807) is 18.4 Å². The summed E-state index contributed by atoms with van der Waals surface area (Å²) in [5, 5.41) is 3.41. The topological polar surface area (TPSA) is 84.3 Å². The molecule has 2 heterocycles. The molecule has 0 unspecified atom stereocenters. The number of amides is 2. The van der Waals surface area contributed by atoms with Crippen molar-refractivity contribution in [2.75, 3.05) is 20.1 Å². The summed E-state index contributed by atoms with van der Waals surface area (Å²) >= 11 is 1.59. The van der Waals surface area contributed by atoms with E-state index in [0.717, 1.165) is 42.5 Å². The normalized spacial score (nSPS) is 13.5. The Balaban J connectivity index is 1.76. The van der Waals surface area contributed by atoms with Crippen molar-refractivity contribution in [3.8, 4) is 0 Å². The van der Waals surface area contributed by atoms with Crippen molar-refractivity contribution in [2.24, 2.45) is 0 Å². The number of hydrogen-bond acceptors (Lipinski definition) is 5. The molecular weight excluding hydrogens is 352 g/mol. The molecule has 1 aliphatic rings. The van der Waals surface area contributed by atoms with Gasteiger partial charge in [-0.15, -0.1) is 11.3 Å². The van der Waals surface area contributed by atoms with Gasteiger partial charge in [-0.1, -0.05) is 6.92 Å². The lowest BCUT2D eigenvalue weighted by molar-refractivity contribution is -0.135. The van der Waals surface area contributed by atoms with Crippen LogP contribution in [0.2, 0.25) is 0 Å². The molecular formula is C18H24N4O3S. The van der Waals surface area contributed by atoms with E-state index in [9.17, 15) is 14.4 Å². The second-order valence-electron chi connectivity index (χ2n) is 6.67. The van der Waals surface area contributed by atoms with Gasteiger partial charge in [0.25, 0.3) is 5.56 Å². The summed E-state index contributed by atoms with van der Waals surface area (Å²) in [5.41, 5.74) is 0.953. The highest BCUT2D eigenvalue weighted by molar-refractivity contribution is 7.18. The number of carbonyl (C=O) groups excluding carboxylic acids is 2. The lowest BCUT2D eigenvalue weighted by Crippen LogP contribution is -2.41. The molecule has 26 heavy (non-hydrogen) atoms. The molecule has 1 aliphatic carbocycles. The van der Waals surface area contributed by atoms with Gasteiger partial charge in [0.2, 0.25) is 11.8 Å². The zero-order valence-electron chi connectivity index (χ0n) is 15.2. The van der Waals surface area contributed by atoms with Crippen molar-refractivity contribution in [3.05, 3.63) is 27.1 Å². The minimum absolute atomic E-state index is 0.0168. The SMILES string of the molecule is CCCNC(=O)CN(C)C(=O)Cn1cnc2sc3c(c2c1=O)CCCC3. The van der Waals surface area contributed by atoms with E-state index in [2.05, 4.69) is 10.3 Å². The Labute approximate surface area is 156 Å². The van der Waals surface area contributed by atoms with Gasteiger partial charge in [0.1, 0.15) is 11.4 Å². The number of nitrogens with one attached hydrogen (secondary N) is 1. The molecule has 0 saturated carbocycles. The highest BCUT2D eigenvalue weighted by Gasteiger charge is 2.21. The summed E-state index contributed by atoms with van der Waals surface area (Å²) in [6.45, 7) is 2.43. The highest BCUT2D eigenvalue weighted by atomic mass is 32.1. The van der Waals surface area contributed by atoms with Gasteiger partial charge in [-0.25, -0.2) is 4.98 Å². The summed E-state index contributed by atoms with van der Waals surface area (Å²) < 4.78 is 1.35. The molecule has 2 amide bonds. The number of aryl methyl sites for hydroxylation is 2. The number of rotatable bonds is 6. The van der Waals surface area contributed by atoms with Crippen LogP contribution in [0.3, 0.4) is 0 Å². The van der Waals surface area contributed by atoms with Crippen LogP contribution in [0, 0.1) is 0 Å². The van der Waals surface area contributed by atoms with Crippen LogP contribution in [0.4, 0.5) is 0 Å². The number of likely N-dealkylation sites (N-methyl/N-ethyl adjacent to an activating group) is 1.